The van der Waals surface area contributed by atoms with Gasteiger partial charge in [-0.3, -0.25) is 10.1 Å². The number of amides is 1. The Balaban J connectivity index is 2.20. The van der Waals surface area contributed by atoms with Crippen LogP contribution in [0.3, 0.4) is 0 Å². The first-order chi connectivity index (χ1) is 8.06. The van der Waals surface area contributed by atoms with Crippen molar-refractivity contribution in [1.82, 2.24) is 20.2 Å². The number of rotatable bonds is 2. The van der Waals surface area contributed by atoms with Gasteiger partial charge in [0.1, 0.15) is 0 Å². The Morgan fingerprint density at radius 2 is 2.24 bits per heavy atom. The van der Waals surface area contributed by atoms with Crippen LogP contribution in [0.15, 0.2) is 18.2 Å². The molecule has 0 radical (unpaired) electrons. The fraction of sp³-hybridized carbons (Fsp3) is 0.200. The molecule has 0 unspecified atom stereocenters. The van der Waals surface area contributed by atoms with Gasteiger partial charge in [-0.25, -0.2) is 0 Å². The minimum absolute atomic E-state index is 0.147. The van der Waals surface area contributed by atoms with Crippen LogP contribution in [0.4, 0.5) is 5.95 Å². The highest BCUT2D eigenvalue weighted by atomic mass is 35.5. The predicted molar refractivity (Wildman–Crippen MR) is 62.9 cm³/mol. The maximum atomic E-state index is 11.8. The summed E-state index contributed by atoms with van der Waals surface area (Å²) in [6.07, 6.45) is 0. The third-order valence-electron chi connectivity index (χ3n) is 2.10. The number of carbonyl (C=O) groups is 1. The molecule has 1 N–H and O–H groups in total. The normalized spacial score (nSPS) is 10.3. The molecule has 1 amide bonds. The zero-order valence-corrected chi connectivity index (χ0v) is 10.1. The van der Waals surface area contributed by atoms with Crippen molar-refractivity contribution in [1.29, 1.82) is 0 Å². The lowest BCUT2D eigenvalue weighted by Crippen LogP contribution is -2.13. The summed E-state index contributed by atoms with van der Waals surface area (Å²) < 4.78 is 0. The van der Waals surface area contributed by atoms with Crippen LogP contribution in [-0.2, 0) is 7.05 Å². The van der Waals surface area contributed by atoms with Gasteiger partial charge in [-0.05, 0) is 29.8 Å². The number of halogens is 1. The second kappa shape index (κ2) is 4.50. The van der Waals surface area contributed by atoms with Crippen molar-refractivity contribution in [3.8, 4) is 0 Å². The summed E-state index contributed by atoms with van der Waals surface area (Å²) >= 11 is 5.97. The van der Waals surface area contributed by atoms with Crippen molar-refractivity contribution in [2.45, 2.75) is 6.92 Å². The van der Waals surface area contributed by atoms with Crippen LogP contribution in [0.25, 0.3) is 0 Å². The fourth-order valence-electron chi connectivity index (χ4n) is 1.31. The third-order valence-corrected chi connectivity index (χ3v) is 2.42. The molecule has 0 atom stereocenters. The molecule has 7 heteroatoms. The van der Waals surface area contributed by atoms with E-state index in [1.807, 2.05) is 13.0 Å². The zero-order chi connectivity index (χ0) is 12.4. The molecule has 2 rings (SSSR count). The van der Waals surface area contributed by atoms with Gasteiger partial charge in [0, 0.05) is 0 Å². The summed E-state index contributed by atoms with van der Waals surface area (Å²) in [4.78, 5) is 13.1. The summed E-state index contributed by atoms with van der Waals surface area (Å²) in [6.45, 7) is 1.90. The van der Waals surface area contributed by atoms with Gasteiger partial charge < -0.3 is 0 Å². The Hall–Kier alpha value is -1.95. The molecular formula is C10H10ClN5O. The quantitative estimate of drug-likeness (QED) is 0.876. The molecule has 0 saturated carbocycles. The number of aromatic nitrogens is 4. The molecule has 0 bridgehead atoms. The van der Waals surface area contributed by atoms with E-state index in [1.54, 1.807) is 19.2 Å². The van der Waals surface area contributed by atoms with Gasteiger partial charge in [-0.2, -0.15) is 4.80 Å². The number of hydrogen-bond acceptors (Lipinski definition) is 4. The van der Waals surface area contributed by atoms with Crippen molar-refractivity contribution >= 4 is 23.5 Å². The van der Waals surface area contributed by atoms with Crippen molar-refractivity contribution in [2.75, 3.05) is 5.32 Å². The molecule has 17 heavy (non-hydrogen) atoms. The Kier molecular flexibility index (Phi) is 3.06. The van der Waals surface area contributed by atoms with Crippen LogP contribution in [-0.4, -0.2) is 26.1 Å². The smallest absolute Gasteiger partial charge is 0.270 e. The molecule has 6 nitrogen and oxygen atoms in total. The lowest BCUT2D eigenvalue weighted by atomic mass is 10.1. The van der Waals surface area contributed by atoms with E-state index in [-0.39, 0.29) is 11.9 Å². The molecule has 0 spiro atoms. The van der Waals surface area contributed by atoms with Crippen LogP contribution in [0.1, 0.15) is 15.9 Å². The van der Waals surface area contributed by atoms with Gasteiger partial charge in [0.2, 0.25) is 0 Å². The first-order valence-corrected chi connectivity index (χ1v) is 5.25. The van der Waals surface area contributed by atoms with Gasteiger partial charge in [0.25, 0.3) is 11.9 Å². The number of nitrogens with zero attached hydrogens (tertiary/aromatic N) is 4. The van der Waals surface area contributed by atoms with Crippen molar-refractivity contribution in [3.05, 3.63) is 34.3 Å². The van der Waals surface area contributed by atoms with Gasteiger partial charge >= 0.3 is 0 Å². The van der Waals surface area contributed by atoms with E-state index in [1.165, 1.54) is 4.80 Å². The lowest BCUT2D eigenvalue weighted by Gasteiger charge is -2.03. The highest BCUT2D eigenvalue weighted by molar-refractivity contribution is 6.34. The number of carbonyl (C=O) groups excluding carboxylic acids is 1. The zero-order valence-electron chi connectivity index (χ0n) is 9.31. The van der Waals surface area contributed by atoms with E-state index >= 15 is 0 Å². The summed E-state index contributed by atoms with van der Waals surface area (Å²) in [5, 5.41) is 14.0. The molecule has 0 aliphatic rings. The first-order valence-electron chi connectivity index (χ1n) is 4.88. The minimum Gasteiger partial charge on any atom is -0.288 e. The van der Waals surface area contributed by atoms with E-state index in [2.05, 4.69) is 20.7 Å². The molecule has 1 heterocycles. The Labute approximate surface area is 103 Å². The predicted octanol–water partition coefficient (Wildman–Crippen LogP) is 1.42. The maximum Gasteiger partial charge on any atom is 0.270 e. The SMILES string of the molecule is Cc1ccc(C(=O)Nc2nnn(C)n2)c(Cl)c1. The Bertz CT molecular complexity index is 566. The topological polar surface area (TPSA) is 72.7 Å². The van der Waals surface area contributed by atoms with Crippen LogP contribution < -0.4 is 5.32 Å². The average Bonchev–Trinajstić information content (AvgIpc) is 2.63. The number of tetrazole rings is 1. The van der Waals surface area contributed by atoms with Crippen molar-refractivity contribution in [3.63, 3.8) is 0 Å². The summed E-state index contributed by atoms with van der Waals surface area (Å²) in [5.41, 5.74) is 1.37. The molecular weight excluding hydrogens is 242 g/mol. The average molecular weight is 252 g/mol. The minimum atomic E-state index is -0.358. The first kappa shape index (κ1) is 11.5. The van der Waals surface area contributed by atoms with Crippen LogP contribution in [0, 0.1) is 6.92 Å². The molecule has 2 aromatic rings. The second-order valence-electron chi connectivity index (χ2n) is 3.54. The summed E-state index contributed by atoms with van der Waals surface area (Å²) in [7, 11) is 1.61. The molecule has 1 aromatic carbocycles. The highest BCUT2D eigenvalue weighted by Gasteiger charge is 2.12. The number of benzene rings is 1. The standard InChI is InChI=1S/C10H10ClN5O/c1-6-3-4-7(8(11)5-6)9(17)12-10-13-15-16(2)14-10/h3-5H,1-2H3,(H,12,14,17). The molecule has 0 aliphatic heterocycles. The van der Waals surface area contributed by atoms with E-state index in [0.29, 0.717) is 10.6 Å². The number of anilines is 1. The molecule has 0 saturated heterocycles. The largest absolute Gasteiger partial charge is 0.288 e. The highest BCUT2D eigenvalue weighted by Crippen LogP contribution is 2.18. The van der Waals surface area contributed by atoms with Crippen LogP contribution >= 0.6 is 11.6 Å². The van der Waals surface area contributed by atoms with Gasteiger partial charge in [0.15, 0.2) is 0 Å². The molecule has 1 aromatic heterocycles. The van der Waals surface area contributed by atoms with Crippen LogP contribution in [0.5, 0.6) is 0 Å². The summed E-state index contributed by atoms with van der Waals surface area (Å²) in [6, 6.07) is 5.19. The third kappa shape index (κ3) is 2.59. The Morgan fingerprint density at radius 3 is 2.82 bits per heavy atom. The lowest BCUT2D eigenvalue weighted by molar-refractivity contribution is 0.102. The number of aryl methyl sites for hydroxylation is 2. The van der Waals surface area contributed by atoms with Crippen LogP contribution in [0.2, 0.25) is 5.02 Å². The van der Waals surface area contributed by atoms with E-state index in [0.717, 1.165) is 5.56 Å². The number of nitrogens with one attached hydrogen (secondary N) is 1. The van der Waals surface area contributed by atoms with Gasteiger partial charge in [-0.1, -0.05) is 22.8 Å². The van der Waals surface area contributed by atoms with Gasteiger partial charge in [-0.15, -0.1) is 5.10 Å². The summed E-state index contributed by atoms with van der Waals surface area (Å²) in [5.74, 6) is -0.211. The molecule has 88 valence electrons. The number of hydrogen-bond donors (Lipinski definition) is 1. The maximum absolute atomic E-state index is 11.8. The monoisotopic (exact) mass is 251 g/mol. The van der Waals surface area contributed by atoms with Gasteiger partial charge in [0.05, 0.1) is 17.6 Å². The second-order valence-corrected chi connectivity index (χ2v) is 3.95. The van der Waals surface area contributed by atoms with E-state index in [4.69, 9.17) is 11.6 Å². The van der Waals surface area contributed by atoms with Crippen molar-refractivity contribution in [2.24, 2.45) is 7.05 Å². The fourth-order valence-corrected chi connectivity index (χ4v) is 1.63. The van der Waals surface area contributed by atoms with E-state index in [9.17, 15) is 4.79 Å². The Morgan fingerprint density at radius 1 is 1.47 bits per heavy atom. The van der Waals surface area contributed by atoms with E-state index < -0.39 is 0 Å². The van der Waals surface area contributed by atoms with Crippen molar-refractivity contribution < 1.29 is 4.79 Å². The molecule has 0 aliphatic carbocycles. The molecule has 0 fully saturated rings.